The van der Waals surface area contributed by atoms with E-state index in [2.05, 4.69) is 12.2 Å². The van der Waals surface area contributed by atoms with E-state index in [1.165, 1.54) is 6.07 Å². The van der Waals surface area contributed by atoms with Crippen LogP contribution in [-0.4, -0.2) is 47.3 Å². The highest BCUT2D eigenvalue weighted by molar-refractivity contribution is 5.92. The Bertz CT molecular complexity index is 861. The number of ether oxygens (including phenoxy) is 1. The molecule has 1 saturated heterocycles. The van der Waals surface area contributed by atoms with Crippen molar-refractivity contribution < 1.29 is 19.0 Å². The number of nitrogens with zero attached hydrogens (tertiary/aromatic N) is 1. The first kappa shape index (κ1) is 23.2. The molecule has 5 nitrogen and oxygen atoms in total. The van der Waals surface area contributed by atoms with Gasteiger partial charge in [0.05, 0.1) is 12.2 Å². The normalized spacial score (nSPS) is 21.6. The van der Waals surface area contributed by atoms with Crippen LogP contribution >= 0.6 is 0 Å². The molecule has 31 heavy (non-hydrogen) atoms. The summed E-state index contributed by atoms with van der Waals surface area (Å²) in [6, 6.07) is 14.1. The molecule has 1 aliphatic rings. The van der Waals surface area contributed by atoms with Crippen LogP contribution in [0, 0.1) is 12.7 Å². The van der Waals surface area contributed by atoms with E-state index in [1.54, 1.807) is 12.1 Å². The maximum atomic E-state index is 14.0. The second-order valence-corrected chi connectivity index (χ2v) is 8.50. The Balaban J connectivity index is 1.66. The third kappa shape index (κ3) is 6.52. The molecule has 2 N–H and O–H groups in total. The third-order valence-corrected chi connectivity index (χ3v) is 5.88. The molecule has 1 amide bonds. The molecule has 6 heteroatoms. The van der Waals surface area contributed by atoms with Crippen molar-refractivity contribution in [3.8, 4) is 5.75 Å². The lowest BCUT2D eigenvalue weighted by Gasteiger charge is -2.44. The number of amides is 1. The number of anilines is 1. The van der Waals surface area contributed by atoms with Crippen molar-refractivity contribution in [1.29, 1.82) is 0 Å². The number of carbonyl (C=O) groups excluding carboxylic acids is 1. The summed E-state index contributed by atoms with van der Waals surface area (Å²) in [5.74, 6) is -0.0258. The molecule has 2 atom stereocenters. The van der Waals surface area contributed by atoms with Gasteiger partial charge in [-0.3, -0.25) is 9.69 Å². The molecule has 0 aromatic heterocycles. The molecule has 3 rings (SSSR count). The number of rotatable bonds is 9. The first-order chi connectivity index (χ1) is 14.9. The number of halogens is 1. The summed E-state index contributed by atoms with van der Waals surface area (Å²) < 4.78 is 20.2. The minimum atomic E-state index is -0.930. The molecule has 0 bridgehead atoms. The van der Waals surface area contributed by atoms with E-state index in [-0.39, 0.29) is 18.1 Å². The molecule has 0 radical (unpaired) electrons. The molecule has 168 valence electrons. The van der Waals surface area contributed by atoms with Gasteiger partial charge in [-0.25, -0.2) is 4.39 Å². The van der Waals surface area contributed by atoms with Crippen molar-refractivity contribution in [3.63, 3.8) is 0 Å². The molecule has 0 aliphatic carbocycles. The molecule has 1 aliphatic heterocycles. The minimum absolute atomic E-state index is 0.118. The first-order valence-electron chi connectivity index (χ1n) is 11.1. The lowest BCUT2D eigenvalue weighted by atomic mass is 9.83. The van der Waals surface area contributed by atoms with E-state index < -0.39 is 17.5 Å². The summed E-state index contributed by atoms with van der Waals surface area (Å²) in [6.07, 6.45) is 3.85. The van der Waals surface area contributed by atoms with Crippen LogP contribution in [0.25, 0.3) is 0 Å². The van der Waals surface area contributed by atoms with E-state index in [0.29, 0.717) is 31.7 Å². The van der Waals surface area contributed by atoms with Gasteiger partial charge in [0.2, 0.25) is 5.91 Å². The topological polar surface area (TPSA) is 61.8 Å². The van der Waals surface area contributed by atoms with Gasteiger partial charge in [0.15, 0.2) is 0 Å². The number of unbranched alkanes of at least 4 members (excludes halogenated alkanes) is 2. The Hall–Kier alpha value is -2.44. The van der Waals surface area contributed by atoms with Gasteiger partial charge in [-0.15, -0.1) is 0 Å². The zero-order valence-corrected chi connectivity index (χ0v) is 18.4. The average Bonchev–Trinajstić information content (AvgIpc) is 2.74. The van der Waals surface area contributed by atoms with Gasteiger partial charge in [0.25, 0.3) is 0 Å². The molecule has 0 unspecified atom stereocenters. The van der Waals surface area contributed by atoms with Crippen molar-refractivity contribution in [3.05, 3.63) is 59.9 Å². The van der Waals surface area contributed by atoms with Crippen molar-refractivity contribution in [2.24, 2.45) is 0 Å². The largest absolute Gasteiger partial charge is 0.486 e. The Morgan fingerprint density at radius 2 is 2.03 bits per heavy atom. The van der Waals surface area contributed by atoms with E-state index in [4.69, 9.17) is 4.74 Å². The molecule has 0 spiro atoms. The molecule has 2 aromatic rings. The maximum absolute atomic E-state index is 14.0. The fourth-order valence-corrected chi connectivity index (χ4v) is 4.06. The molecular formula is C25H33FN2O3. The quantitative estimate of drug-likeness (QED) is 0.576. The number of nitrogens with one attached hydrogen (secondary N) is 1. The zero-order chi connectivity index (χ0) is 22.3. The van der Waals surface area contributed by atoms with Crippen LogP contribution < -0.4 is 10.1 Å². The first-order valence-corrected chi connectivity index (χ1v) is 11.1. The summed E-state index contributed by atoms with van der Waals surface area (Å²) in [5.41, 5.74) is 0.138. The number of aliphatic hydroxyl groups is 1. The lowest BCUT2D eigenvalue weighted by molar-refractivity contribution is -0.127. The number of hydrogen-bond donors (Lipinski definition) is 2. The maximum Gasteiger partial charge on any atom is 0.238 e. The highest BCUT2D eigenvalue weighted by Crippen LogP contribution is 2.31. The van der Waals surface area contributed by atoms with Crippen LogP contribution in [0.15, 0.2) is 48.5 Å². The highest BCUT2D eigenvalue weighted by atomic mass is 19.1. The van der Waals surface area contributed by atoms with Crippen LogP contribution in [-0.2, 0) is 4.79 Å². The average molecular weight is 429 g/mol. The fourth-order valence-electron chi connectivity index (χ4n) is 4.06. The summed E-state index contributed by atoms with van der Waals surface area (Å²) in [5, 5.41) is 14.0. The minimum Gasteiger partial charge on any atom is -0.486 e. The SMILES string of the molecule is CCCCC[C@]1(O)CCN(CC(=O)Nc2cc(C)ccc2F)C[C@@H]1Oc1ccccc1. The number of hydrogen-bond acceptors (Lipinski definition) is 4. The number of aryl methyl sites for hydroxylation is 1. The van der Waals surface area contributed by atoms with Crippen molar-refractivity contribution >= 4 is 11.6 Å². The van der Waals surface area contributed by atoms with Crippen LogP contribution in [0.2, 0.25) is 0 Å². The van der Waals surface area contributed by atoms with E-state index in [9.17, 15) is 14.3 Å². The van der Waals surface area contributed by atoms with Gasteiger partial charge in [-0.05, 0) is 49.6 Å². The zero-order valence-electron chi connectivity index (χ0n) is 18.4. The van der Waals surface area contributed by atoms with Crippen LogP contribution in [0.5, 0.6) is 5.75 Å². The summed E-state index contributed by atoms with van der Waals surface area (Å²) in [4.78, 5) is 14.5. The highest BCUT2D eigenvalue weighted by Gasteiger charge is 2.43. The number of likely N-dealkylation sites (tertiary alicyclic amines) is 1. The number of para-hydroxylation sites is 1. The van der Waals surface area contributed by atoms with Crippen LogP contribution in [0.4, 0.5) is 10.1 Å². The summed E-state index contributed by atoms with van der Waals surface area (Å²) in [7, 11) is 0. The number of carbonyl (C=O) groups is 1. The summed E-state index contributed by atoms with van der Waals surface area (Å²) in [6.45, 7) is 5.13. The predicted molar refractivity (Wildman–Crippen MR) is 121 cm³/mol. The van der Waals surface area contributed by atoms with Gasteiger partial charge in [0, 0.05) is 13.1 Å². The van der Waals surface area contributed by atoms with Crippen molar-refractivity contribution in [1.82, 2.24) is 4.90 Å². The van der Waals surface area contributed by atoms with Gasteiger partial charge in [-0.1, -0.05) is 50.5 Å². The molecular weight excluding hydrogens is 395 g/mol. The second-order valence-electron chi connectivity index (χ2n) is 8.50. The van der Waals surface area contributed by atoms with E-state index in [0.717, 1.165) is 24.8 Å². The Morgan fingerprint density at radius 3 is 2.77 bits per heavy atom. The lowest BCUT2D eigenvalue weighted by Crippen LogP contribution is -2.58. The van der Waals surface area contributed by atoms with Gasteiger partial charge < -0.3 is 15.2 Å². The fraction of sp³-hybridized carbons (Fsp3) is 0.480. The van der Waals surface area contributed by atoms with E-state index in [1.807, 2.05) is 42.2 Å². The molecule has 1 heterocycles. The van der Waals surface area contributed by atoms with Crippen molar-refractivity contribution in [2.75, 3.05) is 25.0 Å². The molecule has 0 saturated carbocycles. The van der Waals surface area contributed by atoms with Gasteiger partial charge in [-0.2, -0.15) is 0 Å². The Labute approximate surface area is 184 Å². The Kier molecular flexibility index (Phi) is 8.04. The number of piperidine rings is 1. The monoisotopic (exact) mass is 428 g/mol. The Morgan fingerprint density at radius 1 is 1.26 bits per heavy atom. The predicted octanol–water partition coefficient (Wildman–Crippen LogP) is 4.54. The van der Waals surface area contributed by atoms with Gasteiger partial charge in [0.1, 0.15) is 23.3 Å². The standard InChI is InChI=1S/C25H33FN2O3/c1-3-4-8-13-25(30)14-15-28(17-23(25)31-20-9-6-5-7-10-20)18-24(29)27-22-16-19(2)11-12-21(22)26/h5-7,9-12,16,23,30H,3-4,8,13-15,17-18H2,1-2H3,(H,27,29)/t23-,25-/m0/s1. The van der Waals surface area contributed by atoms with E-state index >= 15 is 0 Å². The van der Waals surface area contributed by atoms with Crippen molar-refractivity contribution in [2.45, 2.75) is 57.7 Å². The third-order valence-electron chi connectivity index (χ3n) is 5.88. The second kappa shape index (κ2) is 10.7. The van der Waals surface area contributed by atoms with Crippen LogP contribution in [0.3, 0.4) is 0 Å². The van der Waals surface area contributed by atoms with Gasteiger partial charge >= 0.3 is 0 Å². The molecule has 2 aromatic carbocycles. The molecule has 1 fully saturated rings. The number of benzene rings is 2. The summed E-state index contributed by atoms with van der Waals surface area (Å²) >= 11 is 0. The van der Waals surface area contributed by atoms with Crippen LogP contribution in [0.1, 0.15) is 44.6 Å². The smallest absolute Gasteiger partial charge is 0.238 e.